The normalized spacial score (nSPS) is 16.1. The van der Waals surface area contributed by atoms with Gasteiger partial charge in [0.05, 0.1) is 19.8 Å². The standard InChI is InChI=1S/C48H91NO19/c1-3-5-7-9-11-13-15-17-19-21-23-34(24-22-20-18-16-14-12-10-8-6-4-2)44(62)49-48(31-66-45(63)41(59)38(56)35(53)25-28-50,32-67-46(64)42(60)39(57)36(54)26-29-51)33-68-47(65)43(61)40(58)37(55)27-30-52/h34-37,45-47,50-61,63-65H,3-33H2,1-2H3,(H,49,62)/b41-38-,42-39-,43-40-/t35-,36-,37-,45+,46+,47+/m1/s1. The van der Waals surface area contributed by atoms with Crippen LogP contribution in [0, 0.1) is 5.92 Å². The van der Waals surface area contributed by atoms with Crippen molar-refractivity contribution >= 4 is 5.91 Å². The van der Waals surface area contributed by atoms with E-state index in [0.717, 1.165) is 64.2 Å². The summed E-state index contributed by atoms with van der Waals surface area (Å²) >= 11 is 0. The number of hydrogen-bond donors (Lipinski definition) is 16. The maximum atomic E-state index is 14.6. The van der Waals surface area contributed by atoms with E-state index in [0.29, 0.717) is 25.7 Å². The quantitative estimate of drug-likeness (QED) is 0.0209. The van der Waals surface area contributed by atoms with Crippen LogP contribution in [-0.4, -0.2) is 165 Å². The average molecular weight is 986 g/mol. The Morgan fingerprint density at radius 3 is 0.897 bits per heavy atom. The van der Waals surface area contributed by atoms with Crippen LogP contribution in [0.4, 0.5) is 0 Å². The number of carbonyl (C=O) groups is 1. The molecular weight excluding hydrogens is 895 g/mol. The van der Waals surface area contributed by atoms with Gasteiger partial charge in [-0.2, -0.15) is 0 Å². The minimum absolute atomic E-state index is 0.423. The van der Waals surface area contributed by atoms with Crippen molar-refractivity contribution in [3.8, 4) is 0 Å². The molecule has 0 aliphatic rings. The van der Waals surface area contributed by atoms with Crippen LogP contribution >= 0.6 is 0 Å². The zero-order valence-electron chi connectivity index (χ0n) is 40.8. The second-order valence-corrected chi connectivity index (χ2v) is 17.8. The van der Waals surface area contributed by atoms with Gasteiger partial charge in [0, 0.05) is 45.0 Å². The van der Waals surface area contributed by atoms with Gasteiger partial charge in [-0.05, 0) is 12.8 Å². The van der Waals surface area contributed by atoms with Gasteiger partial charge in [0.25, 0.3) is 0 Å². The summed E-state index contributed by atoms with van der Waals surface area (Å²) in [6.45, 7) is -0.551. The van der Waals surface area contributed by atoms with Gasteiger partial charge in [0.2, 0.25) is 24.8 Å². The Hall–Kier alpha value is -2.99. The monoisotopic (exact) mass is 986 g/mol. The maximum absolute atomic E-state index is 14.6. The van der Waals surface area contributed by atoms with E-state index in [1.54, 1.807) is 0 Å². The van der Waals surface area contributed by atoms with E-state index in [4.69, 9.17) is 14.2 Å². The Balaban J connectivity index is 7.00. The molecule has 0 rings (SSSR count). The number of nitrogens with one attached hydrogen (secondary N) is 1. The molecule has 0 saturated heterocycles. The van der Waals surface area contributed by atoms with Crippen molar-refractivity contribution in [1.82, 2.24) is 5.32 Å². The van der Waals surface area contributed by atoms with E-state index in [2.05, 4.69) is 19.2 Å². The van der Waals surface area contributed by atoms with Gasteiger partial charge in [-0.25, -0.2) is 0 Å². The molecule has 0 aromatic heterocycles. The molecule has 0 radical (unpaired) electrons. The molecule has 16 N–H and O–H groups in total. The van der Waals surface area contributed by atoms with E-state index in [1.165, 1.54) is 51.4 Å². The topological polar surface area (TPSA) is 360 Å². The predicted octanol–water partition coefficient (Wildman–Crippen LogP) is 5.30. The molecule has 402 valence electrons. The van der Waals surface area contributed by atoms with E-state index < -0.39 is 148 Å². The first kappa shape index (κ1) is 65.0. The first-order valence-electron chi connectivity index (χ1n) is 24.9. The van der Waals surface area contributed by atoms with Crippen molar-refractivity contribution in [3.05, 3.63) is 34.6 Å². The summed E-state index contributed by atoms with van der Waals surface area (Å²) in [5.41, 5.74) is -2.24. The summed E-state index contributed by atoms with van der Waals surface area (Å²) in [4.78, 5) is 14.6. The molecule has 0 bridgehead atoms. The summed E-state index contributed by atoms with van der Waals surface area (Å²) in [6.07, 6.45) is 7.69. The highest BCUT2D eigenvalue weighted by atomic mass is 16.6. The van der Waals surface area contributed by atoms with Crippen molar-refractivity contribution in [2.24, 2.45) is 5.92 Å². The Bertz CT molecular complexity index is 1250. The van der Waals surface area contributed by atoms with E-state index in [9.17, 15) is 81.4 Å². The molecule has 0 unspecified atom stereocenters. The Morgan fingerprint density at radius 1 is 0.397 bits per heavy atom. The van der Waals surface area contributed by atoms with Gasteiger partial charge in [0.1, 0.15) is 23.9 Å². The number of carbonyl (C=O) groups excluding carboxylic acids is 1. The molecule has 0 aromatic rings. The number of hydrogen-bond acceptors (Lipinski definition) is 19. The Labute approximate surface area is 403 Å². The van der Waals surface area contributed by atoms with Gasteiger partial charge in [0.15, 0.2) is 34.6 Å². The summed E-state index contributed by atoms with van der Waals surface area (Å²) < 4.78 is 16.3. The zero-order chi connectivity index (χ0) is 51.3. The molecule has 6 atom stereocenters. The highest BCUT2D eigenvalue weighted by molar-refractivity contribution is 5.79. The van der Waals surface area contributed by atoms with Gasteiger partial charge in [-0.1, -0.05) is 142 Å². The lowest BCUT2D eigenvalue weighted by molar-refractivity contribution is -0.180. The van der Waals surface area contributed by atoms with Crippen LogP contribution in [0.1, 0.15) is 174 Å². The number of rotatable bonds is 45. The minimum atomic E-state index is -2.46. The summed E-state index contributed by atoms with van der Waals surface area (Å²) in [5, 5.41) is 156. The van der Waals surface area contributed by atoms with Crippen LogP contribution in [0.3, 0.4) is 0 Å². The molecule has 68 heavy (non-hydrogen) atoms. The van der Waals surface area contributed by atoms with Crippen LogP contribution in [0.5, 0.6) is 0 Å². The predicted molar refractivity (Wildman–Crippen MR) is 253 cm³/mol. The SMILES string of the molecule is CCCCCCCCCCCCC(CCCCCCCCCCCC)C(=O)NC(CO[C@H](O)/C(O)=C(/O)[C@H](O)CCO)(CO[C@H](O)/C(O)=C(/O)[C@H](O)CCO)CO[C@H](O)/C(O)=C(/O)[C@H](O)CCO. The second-order valence-electron chi connectivity index (χ2n) is 17.8. The van der Waals surface area contributed by atoms with Gasteiger partial charge in [-0.3, -0.25) is 4.79 Å². The number of aliphatic hydroxyl groups excluding tert-OH is 15. The molecule has 0 aliphatic carbocycles. The van der Waals surface area contributed by atoms with Crippen LogP contribution < -0.4 is 5.32 Å². The lowest BCUT2D eigenvalue weighted by Crippen LogP contribution is -2.61. The maximum Gasteiger partial charge on any atom is 0.223 e. The Kier molecular flexibility index (Phi) is 38.0. The third kappa shape index (κ3) is 28.0. The first-order valence-corrected chi connectivity index (χ1v) is 24.9. The average Bonchev–Trinajstić information content (AvgIpc) is 3.33. The van der Waals surface area contributed by atoms with Crippen molar-refractivity contribution in [1.29, 1.82) is 0 Å². The summed E-state index contributed by atoms with van der Waals surface area (Å²) in [7, 11) is 0. The van der Waals surface area contributed by atoms with Crippen LogP contribution in [0.15, 0.2) is 34.6 Å². The Morgan fingerprint density at radius 2 is 0.647 bits per heavy atom. The molecule has 0 aromatic carbocycles. The molecule has 0 spiro atoms. The van der Waals surface area contributed by atoms with E-state index >= 15 is 0 Å². The lowest BCUT2D eigenvalue weighted by Gasteiger charge is -2.37. The molecule has 20 heteroatoms. The zero-order valence-corrected chi connectivity index (χ0v) is 40.8. The van der Waals surface area contributed by atoms with Gasteiger partial charge < -0.3 is 96.1 Å². The van der Waals surface area contributed by atoms with Crippen molar-refractivity contribution in [2.45, 2.75) is 217 Å². The molecule has 20 nitrogen and oxygen atoms in total. The largest absolute Gasteiger partial charge is 0.506 e. The highest BCUT2D eigenvalue weighted by Gasteiger charge is 2.40. The molecule has 0 heterocycles. The van der Waals surface area contributed by atoms with Crippen molar-refractivity contribution in [3.63, 3.8) is 0 Å². The van der Waals surface area contributed by atoms with Crippen molar-refractivity contribution in [2.75, 3.05) is 39.6 Å². The van der Waals surface area contributed by atoms with Crippen molar-refractivity contribution < 1.29 is 95.6 Å². The van der Waals surface area contributed by atoms with E-state index in [-0.39, 0.29) is 0 Å². The minimum Gasteiger partial charge on any atom is -0.506 e. The lowest BCUT2D eigenvalue weighted by atomic mass is 9.91. The third-order valence-corrected chi connectivity index (χ3v) is 11.8. The highest BCUT2D eigenvalue weighted by Crippen LogP contribution is 2.25. The number of ether oxygens (including phenoxy) is 3. The fraction of sp³-hybridized carbons (Fsp3) is 0.854. The van der Waals surface area contributed by atoms with E-state index in [1.807, 2.05) is 0 Å². The third-order valence-electron chi connectivity index (χ3n) is 11.8. The molecule has 1 amide bonds. The fourth-order valence-electron chi connectivity index (χ4n) is 7.38. The summed E-state index contributed by atoms with van der Waals surface area (Å²) in [6, 6.07) is 0. The molecule has 0 fully saturated rings. The smallest absolute Gasteiger partial charge is 0.223 e. The van der Waals surface area contributed by atoms with Gasteiger partial charge in [-0.15, -0.1) is 0 Å². The number of aliphatic hydroxyl groups is 15. The molecular formula is C48H91NO19. The van der Waals surface area contributed by atoms with Crippen LogP contribution in [0.2, 0.25) is 0 Å². The van der Waals surface area contributed by atoms with Crippen LogP contribution in [0.25, 0.3) is 0 Å². The molecule has 0 aliphatic heterocycles. The fourth-order valence-corrected chi connectivity index (χ4v) is 7.38. The number of amides is 1. The molecule has 0 saturated carbocycles. The first-order chi connectivity index (χ1) is 32.5. The number of unbranched alkanes of at least 4 members (excludes halogenated alkanes) is 18. The van der Waals surface area contributed by atoms with Gasteiger partial charge >= 0.3 is 0 Å². The van der Waals surface area contributed by atoms with Crippen LogP contribution in [-0.2, 0) is 19.0 Å². The second kappa shape index (κ2) is 39.7. The summed E-state index contributed by atoms with van der Waals surface area (Å²) in [5.74, 6) is -8.74.